The van der Waals surface area contributed by atoms with Crippen molar-refractivity contribution < 1.29 is 4.52 Å². The van der Waals surface area contributed by atoms with Gasteiger partial charge in [0.1, 0.15) is 0 Å². The fourth-order valence-corrected chi connectivity index (χ4v) is 2.71. The van der Waals surface area contributed by atoms with Crippen LogP contribution < -0.4 is 0 Å². The molecular formula is C18H23N5O. The molecule has 0 aliphatic carbocycles. The summed E-state index contributed by atoms with van der Waals surface area (Å²) < 4.78 is 7.23. The molecule has 0 bridgehead atoms. The summed E-state index contributed by atoms with van der Waals surface area (Å²) >= 11 is 0. The third-order valence-electron chi connectivity index (χ3n) is 3.85. The van der Waals surface area contributed by atoms with Crippen LogP contribution >= 0.6 is 0 Å². The number of nitrogens with zero attached hydrogens (tertiary/aromatic N) is 5. The monoisotopic (exact) mass is 325 g/mol. The van der Waals surface area contributed by atoms with Crippen LogP contribution in [-0.4, -0.2) is 37.9 Å². The second kappa shape index (κ2) is 7.88. The maximum Gasteiger partial charge on any atom is 0.228 e. The van der Waals surface area contributed by atoms with E-state index in [2.05, 4.69) is 33.3 Å². The van der Waals surface area contributed by atoms with Gasteiger partial charge < -0.3 is 4.52 Å². The summed E-state index contributed by atoms with van der Waals surface area (Å²) in [6.45, 7) is 5.01. The van der Waals surface area contributed by atoms with Gasteiger partial charge in [0.05, 0.1) is 6.20 Å². The van der Waals surface area contributed by atoms with Crippen LogP contribution in [0.15, 0.2) is 47.2 Å². The molecule has 0 radical (unpaired) electrons. The van der Waals surface area contributed by atoms with E-state index in [0.717, 1.165) is 38.0 Å². The fraction of sp³-hybridized carbons (Fsp3) is 0.389. The molecule has 24 heavy (non-hydrogen) atoms. The molecule has 0 saturated carbocycles. The normalized spacial score (nSPS) is 11.3. The van der Waals surface area contributed by atoms with Gasteiger partial charge in [-0.2, -0.15) is 10.1 Å². The largest absolute Gasteiger partial charge is 0.339 e. The molecule has 6 nitrogen and oxygen atoms in total. The Kier molecular flexibility index (Phi) is 5.38. The van der Waals surface area contributed by atoms with Crippen LogP contribution in [0.25, 0.3) is 11.4 Å². The first-order chi connectivity index (χ1) is 11.7. The van der Waals surface area contributed by atoms with E-state index in [-0.39, 0.29) is 0 Å². The van der Waals surface area contributed by atoms with E-state index >= 15 is 0 Å². The van der Waals surface area contributed by atoms with Crippen LogP contribution in [0.2, 0.25) is 0 Å². The minimum Gasteiger partial charge on any atom is -0.339 e. The molecule has 1 aromatic carbocycles. The number of hydrogen-bond donors (Lipinski definition) is 0. The first-order valence-electron chi connectivity index (χ1n) is 8.32. The van der Waals surface area contributed by atoms with Crippen molar-refractivity contribution in [3.63, 3.8) is 0 Å². The van der Waals surface area contributed by atoms with Crippen LogP contribution in [0, 0.1) is 0 Å². The van der Waals surface area contributed by atoms with Gasteiger partial charge in [0.15, 0.2) is 0 Å². The van der Waals surface area contributed by atoms with Crippen molar-refractivity contribution in [2.45, 2.75) is 26.3 Å². The van der Waals surface area contributed by atoms with Gasteiger partial charge in [-0.15, -0.1) is 0 Å². The Balaban J connectivity index is 1.59. The fourth-order valence-electron chi connectivity index (χ4n) is 2.71. The van der Waals surface area contributed by atoms with Gasteiger partial charge >= 0.3 is 0 Å². The maximum absolute atomic E-state index is 5.40. The van der Waals surface area contributed by atoms with E-state index in [1.165, 1.54) is 5.56 Å². The lowest BCUT2D eigenvalue weighted by Crippen LogP contribution is -2.26. The lowest BCUT2D eigenvalue weighted by atomic mass is 10.2. The number of benzene rings is 1. The second-order valence-corrected chi connectivity index (χ2v) is 5.93. The Hall–Kier alpha value is -2.47. The molecule has 0 aliphatic heterocycles. The minimum absolute atomic E-state index is 0.653. The number of aryl methyl sites for hydroxylation is 1. The van der Waals surface area contributed by atoms with Crippen LogP contribution in [0.4, 0.5) is 0 Å². The highest BCUT2D eigenvalue weighted by Crippen LogP contribution is 2.15. The molecule has 3 aromatic rings. The van der Waals surface area contributed by atoms with E-state index < -0.39 is 0 Å². The van der Waals surface area contributed by atoms with Crippen LogP contribution in [0.3, 0.4) is 0 Å². The van der Waals surface area contributed by atoms with Crippen LogP contribution in [0.1, 0.15) is 24.8 Å². The summed E-state index contributed by atoms with van der Waals surface area (Å²) in [5, 5.41) is 8.31. The van der Waals surface area contributed by atoms with E-state index in [0.29, 0.717) is 11.7 Å². The molecule has 0 amide bonds. The van der Waals surface area contributed by atoms with E-state index in [4.69, 9.17) is 4.52 Å². The Bertz CT molecular complexity index is 750. The average Bonchev–Trinajstić information content (AvgIpc) is 3.23. The number of hydrogen-bond acceptors (Lipinski definition) is 5. The summed E-state index contributed by atoms with van der Waals surface area (Å²) in [6.07, 6.45) is 5.84. The third-order valence-corrected chi connectivity index (χ3v) is 3.85. The van der Waals surface area contributed by atoms with Gasteiger partial charge in [0, 0.05) is 43.9 Å². The molecule has 0 unspecified atom stereocenters. The molecule has 0 fully saturated rings. The van der Waals surface area contributed by atoms with Crippen molar-refractivity contribution in [2.24, 2.45) is 7.05 Å². The average molecular weight is 325 g/mol. The van der Waals surface area contributed by atoms with Gasteiger partial charge in [-0.25, -0.2) is 0 Å². The summed E-state index contributed by atoms with van der Waals surface area (Å²) in [7, 11) is 1.94. The third kappa shape index (κ3) is 4.29. The lowest BCUT2D eigenvalue weighted by Gasteiger charge is -2.19. The molecule has 2 aromatic heterocycles. The summed E-state index contributed by atoms with van der Waals surface area (Å²) in [5.74, 6) is 1.33. The standard InChI is InChI=1S/C18H23N5O/c1-3-10-23(14-15-12-19-22(2)13-15)11-9-17-20-18(21-24-17)16-7-5-4-6-8-16/h4-8,12-13H,3,9-11,14H2,1-2H3. The number of aromatic nitrogens is 4. The molecule has 0 atom stereocenters. The zero-order chi connectivity index (χ0) is 16.8. The van der Waals surface area contributed by atoms with Gasteiger partial charge in [0.25, 0.3) is 0 Å². The van der Waals surface area contributed by atoms with Gasteiger partial charge in [-0.05, 0) is 13.0 Å². The minimum atomic E-state index is 0.653. The van der Waals surface area contributed by atoms with E-state index in [1.54, 1.807) is 0 Å². The van der Waals surface area contributed by atoms with Crippen LogP contribution in [-0.2, 0) is 20.0 Å². The molecule has 3 rings (SSSR count). The van der Waals surface area contributed by atoms with Gasteiger partial charge in [0.2, 0.25) is 11.7 Å². The van der Waals surface area contributed by atoms with Crippen molar-refractivity contribution in [3.8, 4) is 11.4 Å². The molecule has 0 N–H and O–H groups in total. The van der Waals surface area contributed by atoms with Crippen molar-refractivity contribution in [2.75, 3.05) is 13.1 Å². The zero-order valence-electron chi connectivity index (χ0n) is 14.2. The van der Waals surface area contributed by atoms with Crippen molar-refractivity contribution in [1.82, 2.24) is 24.8 Å². The first kappa shape index (κ1) is 16.4. The van der Waals surface area contributed by atoms with E-state index in [1.807, 2.05) is 48.3 Å². The Morgan fingerprint density at radius 3 is 2.71 bits per heavy atom. The predicted octanol–water partition coefficient (Wildman–Crippen LogP) is 2.92. The molecule has 0 aliphatic rings. The number of rotatable bonds is 8. The molecule has 0 spiro atoms. The quantitative estimate of drug-likeness (QED) is 0.637. The Morgan fingerprint density at radius 2 is 2.00 bits per heavy atom. The molecule has 126 valence electrons. The predicted molar refractivity (Wildman–Crippen MR) is 92.2 cm³/mol. The highest BCUT2D eigenvalue weighted by Gasteiger charge is 2.11. The highest BCUT2D eigenvalue weighted by molar-refractivity contribution is 5.53. The smallest absolute Gasteiger partial charge is 0.228 e. The van der Waals surface area contributed by atoms with Gasteiger partial charge in [-0.1, -0.05) is 42.4 Å². The van der Waals surface area contributed by atoms with Crippen molar-refractivity contribution in [3.05, 3.63) is 54.2 Å². The summed E-state index contributed by atoms with van der Waals surface area (Å²) in [4.78, 5) is 6.90. The molecule has 2 heterocycles. The van der Waals surface area contributed by atoms with Crippen LogP contribution in [0.5, 0.6) is 0 Å². The Labute approximate surface area is 142 Å². The first-order valence-corrected chi connectivity index (χ1v) is 8.32. The second-order valence-electron chi connectivity index (χ2n) is 5.93. The van der Waals surface area contributed by atoms with E-state index in [9.17, 15) is 0 Å². The lowest BCUT2D eigenvalue weighted by molar-refractivity contribution is 0.255. The van der Waals surface area contributed by atoms with Gasteiger partial charge in [-0.3, -0.25) is 9.58 Å². The molecule has 0 saturated heterocycles. The SMILES string of the molecule is CCCN(CCc1nc(-c2ccccc2)no1)Cc1cnn(C)c1. The molecular weight excluding hydrogens is 302 g/mol. The molecule has 6 heteroatoms. The topological polar surface area (TPSA) is 60.0 Å². The zero-order valence-corrected chi connectivity index (χ0v) is 14.2. The maximum atomic E-state index is 5.40. The Morgan fingerprint density at radius 1 is 1.17 bits per heavy atom. The van der Waals surface area contributed by atoms with Crippen molar-refractivity contribution in [1.29, 1.82) is 0 Å². The highest BCUT2D eigenvalue weighted by atomic mass is 16.5. The summed E-state index contributed by atoms with van der Waals surface area (Å²) in [6, 6.07) is 9.90. The summed E-state index contributed by atoms with van der Waals surface area (Å²) in [5.41, 5.74) is 2.20. The van der Waals surface area contributed by atoms with Crippen molar-refractivity contribution >= 4 is 0 Å².